The Kier molecular flexibility index (Phi) is 6.14. The second-order valence-electron chi connectivity index (χ2n) is 5.77. The van der Waals surface area contributed by atoms with Crippen LogP contribution in [0.5, 0.6) is 0 Å². The van der Waals surface area contributed by atoms with Crippen LogP contribution in [0.15, 0.2) is 0 Å². The van der Waals surface area contributed by atoms with Gasteiger partial charge in [0.25, 0.3) is 0 Å². The van der Waals surface area contributed by atoms with Crippen molar-refractivity contribution >= 4 is 18.1 Å². The number of H-pyrrole nitrogens is 1. The molecule has 0 spiro atoms. The summed E-state index contributed by atoms with van der Waals surface area (Å²) < 4.78 is 2.71. The molecule has 6 nitrogen and oxygen atoms in total. The lowest BCUT2D eigenvalue weighted by Crippen LogP contribution is -2.45. The highest BCUT2D eigenvalue weighted by Crippen LogP contribution is 2.25. The van der Waals surface area contributed by atoms with Gasteiger partial charge >= 0.3 is 0 Å². The van der Waals surface area contributed by atoms with Gasteiger partial charge in [0.05, 0.1) is 6.54 Å². The van der Waals surface area contributed by atoms with Gasteiger partial charge in [-0.25, -0.2) is 0 Å². The van der Waals surface area contributed by atoms with Gasteiger partial charge in [-0.05, 0) is 45.1 Å². The lowest BCUT2D eigenvalue weighted by atomic mass is 9.97. The lowest BCUT2D eigenvalue weighted by molar-refractivity contribution is -0.133. The molecule has 0 unspecified atom stereocenters. The van der Waals surface area contributed by atoms with Gasteiger partial charge in [0.1, 0.15) is 5.82 Å². The number of hydrogen-bond donors (Lipinski definition) is 1. The normalized spacial score (nSPS) is 18.9. The molecular formula is C15H27N5OS. The van der Waals surface area contributed by atoms with E-state index in [4.69, 9.17) is 12.2 Å². The van der Waals surface area contributed by atoms with Crippen LogP contribution in [0.1, 0.15) is 45.4 Å². The molecule has 1 saturated heterocycles. The first-order valence-corrected chi connectivity index (χ1v) is 8.66. The Balaban J connectivity index is 2.05. The number of aromatic nitrogens is 3. The number of rotatable bonds is 6. The highest BCUT2D eigenvalue weighted by Gasteiger charge is 2.28. The maximum atomic E-state index is 12.5. The van der Waals surface area contributed by atoms with Crippen molar-refractivity contribution in [2.24, 2.45) is 0 Å². The molecule has 1 amide bonds. The van der Waals surface area contributed by atoms with Crippen LogP contribution in [-0.2, 0) is 11.3 Å². The minimum atomic E-state index is 0.227. The van der Waals surface area contributed by atoms with E-state index in [0.717, 1.165) is 51.4 Å². The number of piperidine rings is 1. The van der Waals surface area contributed by atoms with E-state index in [0.29, 0.717) is 11.3 Å². The quantitative estimate of drug-likeness (QED) is 0.813. The second-order valence-corrected chi connectivity index (χ2v) is 6.16. The van der Waals surface area contributed by atoms with E-state index < -0.39 is 0 Å². The molecule has 0 aromatic carbocycles. The van der Waals surface area contributed by atoms with E-state index in [-0.39, 0.29) is 11.8 Å². The fourth-order valence-electron chi connectivity index (χ4n) is 3.10. The topological polar surface area (TPSA) is 57.2 Å². The van der Waals surface area contributed by atoms with E-state index >= 15 is 0 Å². The summed E-state index contributed by atoms with van der Waals surface area (Å²) in [5.74, 6) is 1.50. The van der Waals surface area contributed by atoms with Crippen LogP contribution in [0.3, 0.4) is 0 Å². The third-order valence-electron chi connectivity index (χ3n) is 4.50. The fourth-order valence-corrected chi connectivity index (χ4v) is 3.37. The van der Waals surface area contributed by atoms with Crippen LogP contribution in [0, 0.1) is 4.77 Å². The summed E-state index contributed by atoms with van der Waals surface area (Å²) in [5.41, 5.74) is 0. The van der Waals surface area contributed by atoms with Gasteiger partial charge in [-0.2, -0.15) is 5.10 Å². The molecule has 0 bridgehead atoms. The molecule has 1 aliphatic heterocycles. The highest BCUT2D eigenvalue weighted by atomic mass is 32.1. The van der Waals surface area contributed by atoms with Crippen LogP contribution in [0.25, 0.3) is 0 Å². The van der Waals surface area contributed by atoms with Gasteiger partial charge in [-0.15, -0.1) is 0 Å². The van der Waals surface area contributed by atoms with E-state index in [2.05, 4.69) is 35.9 Å². The number of aromatic amines is 1. The molecule has 1 fully saturated rings. The van der Waals surface area contributed by atoms with Crippen LogP contribution in [-0.4, -0.2) is 63.2 Å². The third-order valence-corrected chi connectivity index (χ3v) is 4.81. The predicted molar refractivity (Wildman–Crippen MR) is 89.4 cm³/mol. The largest absolute Gasteiger partial charge is 0.341 e. The van der Waals surface area contributed by atoms with Crippen molar-refractivity contribution in [3.63, 3.8) is 0 Å². The lowest BCUT2D eigenvalue weighted by Gasteiger charge is -2.33. The first-order chi connectivity index (χ1) is 10.6. The molecule has 22 heavy (non-hydrogen) atoms. The van der Waals surface area contributed by atoms with Crippen molar-refractivity contribution < 1.29 is 4.79 Å². The van der Waals surface area contributed by atoms with E-state index in [9.17, 15) is 4.79 Å². The maximum absolute atomic E-state index is 12.5. The number of amides is 1. The zero-order chi connectivity index (χ0) is 16.1. The van der Waals surface area contributed by atoms with Crippen molar-refractivity contribution in [3.05, 3.63) is 10.6 Å². The van der Waals surface area contributed by atoms with Crippen molar-refractivity contribution in [3.8, 4) is 0 Å². The number of hydrogen-bond acceptors (Lipinski definition) is 4. The van der Waals surface area contributed by atoms with Gasteiger partial charge in [-0.3, -0.25) is 14.8 Å². The van der Waals surface area contributed by atoms with Crippen molar-refractivity contribution in [1.82, 2.24) is 24.6 Å². The molecule has 1 aromatic heterocycles. The molecule has 2 heterocycles. The number of carbonyl (C=O) groups excluding carboxylic acids is 1. The van der Waals surface area contributed by atoms with Crippen molar-refractivity contribution in [2.75, 3.05) is 32.7 Å². The summed E-state index contributed by atoms with van der Waals surface area (Å²) in [6.45, 7) is 11.0. The number of likely N-dealkylation sites (tertiary alicyclic amines) is 1. The maximum Gasteiger partial charge on any atom is 0.236 e. The molecular weight excluding hydrogens is 298 g/mol. The Hall–Kier alpha value is -1.21. The average molecular weight is 325 g/mol. The van der Waals surface area contributed by atoms with Gasteiger partial charge in [0.15, 0.2) is 4.77 Å². The molecule has 2 rings (SSSR count). The predicted octanol–water partition coefficient (Wildman–Crippen LogP) is 2.01. The average Bonchev–Trinajstić information content (AvgIpc) is 2.93. The monoisotopic (exact) mass is 325 g/mol. The van der Waals surface area contributed by atoms with Crippen molar-refractivity contribution in [1.29, 1.82) is 0 Å². The van der Waals surface area contributed by atoms with E-state index in [1.165, 1.54) is 0 Å². The van der Waals surface area contributed by atoms with Crippen LogP contribution < -0.4 is 0 Å². The van der Waals surface area contributed by atoms with Gasteiger partial charge in [0.2, 0.25) is 5.91 Å². The standard InChI is InChI=1S/C15H27N5OS/c1-4-18(5-2)11-13(21)19-9-7-8-12(10-19)14-16-17-15(22)20(14)6-3/h12H,4-11H2,1-3H3,(H,17,22)/t12-/m0/s1. The number of nitrogens with one attached hydrogen (secondary N) is 1. The van der Waals surface area contributed by atoms with Gasteiger partial charge in [-0.1, -0.05) is 13.8 Å². The molecule has 1 atom stereocenters. The molecule has 1 aliphatic rings. The highest BCUT2D eigenvalue weighted by molar-refractivity contribution is 7.71. The second kappa shape index (κ2) is 7.87. The van der Waals surface area contributed by atoms with Crippen LogP contribution in [0.4, 0.5) is 0 Å². The number of carbonyl (C=O) groups is 1. The van der Waals surface area contributed by atoms with Crippen LogP contribution in [0.2, 0.25) is 0 Å². The molecule has 7 heteroatoms. The molecule has 0 saturated carbocycles. The SMILES string of the molecule is CCN(CC)CC(=O)N1CCC[C@H](c2n[nH]c(=S)n2CC)C1. The zero-order valence-electron chi connectivity index (χ0n) is 13.8. The molecule has 1 N–H and O–H groups in total. The summed E-state index contributed by atoms with van der Waals surface area (Å²) in [7, 11) is 0. The Labute approximate surface area is 137 Å². The Bertz CT molecular complexity index is 548. The summed E-state index contributed by atoms with van der Waals surface area (Å²) >= 11 is 5.27. The number of nitrogens with zero attached hydrogens (tertiary/aromatic N) is 4. The van der Waals surface area contributed by atoms with Crippen LogP contribution >= 0.6 is 12.2 Å². The Morgan fingerprint density at radius 1 is 1.41 bits per heavy atom. The first-order valence-electron chi connectivity index (χ1n) is 8.25. The van der Waals surface area contributed by atoms with Crippen molar-refractivity contribution in [2.45, 2.75) is 46.1 Å². The Morgan fingerprint density at radius 2 is 2.14 bits per heavy atom. The summed E-state index contributed by atoms with van der Waals surface area (Å²) in [5, 5.41) is 7.28. The zero-order valence-corrected chi connectivity index (χ0v) is 14.7. The summed E-state index contributed by atoms with van der Waals surface area (Å²) in [6, 6.07) is 0. The minimum absolute atomic E-state index is 0.227. The first kappa shape index (κ1) is 17.1. The summed E-state index contributed by atoms with van der Waals surface area (Å²) in [6.07, 6.45) is 2.09. The molecule has 124 valence electrons. The molecule has 1 aromatic rings. The summed E-state index contributed by atoms with van der Waals surface area (Å²) in [4.78, 5) is 16.6. The smallest absolute Gasteiger partial charge is 0.236 e. The Morgan fingerprint density at radius 3 is 2.77 bits per heavy atom. The van der Waals surface area contributed by atoms with E-state index in [1.807, 2.05) is 9.47 Å². The molecule has 0 aliphatic carbocycles. The third kappa shape index (κ3) is 3.76. The van der Waals surface area contributed by atoms with E-state index in [1.54, 1.807) is 0 Å². The van der Waals surface area contributed by atoms with Gasteiger partial charge < -0.3 is 9.47 Å². The number of likely N-dealkylation sites (N-methyl/N-ethyl adjacent to an activating group) is 1. The fraction of sp³-hybridized carbons (Fsp3) is 0.800. The minimum Gasteiger partial charge on any atom is -0.341 e. The molecule has 0 radical (unpaired) electrons. The van der Waals surface area contributed by atoms with Gasteiger partial charge in [0, 0.05) is 25.6 Å².